The molecule has 0 aromatic carbocycles. The number of ether oxygens (including phenoxy) is 2. The normalized spacial score (nSPS) is 29.1. The number of ketones is 1. The number of Topliss-reactive ketones (excluding diaryl/α,β-unsaturated/α-hetero) is 1. The average molecular weight is 232 g/mol. The van der Waals surface area contributed by atoms with E-state index in [0.717, 1.165) is 0 Å². The fraction of sp³-hybridized carbons (Fsp3) is 0.800. The van der Waals surface area contributed by atoms with Gasteiger partial charge in [-0.1, -0.05) is 0 Å². The second-order valence-corrected chi connectivity index (χ2v) is 3.78. The lowest BCUT2D eigenvalue weighted by Crippen LogP contribution is -2.35. The number of hydrogen-bond acceptors (Lipinski definition) is 6. The van der Waals surface area contributed by atoms with E-state index >= 15 is 0 Å². The summed E-state index contributed by atoms with van der Waals surface area (Å²) in [5, 5.41) is 18.3. The van der Waals surface area contributed by atoms with Gasteiger partial charge >= 0.3 is 5.97 Å². The van der Waals surface area contributed by atoms with Gasteiger partial charge in [-0.3, -0.25) is 4.79 Å². The van der Waals surface area contributed by atoms with Crippen LogP contribution in [0.5, 0.6) is 0 Å². The van der Waals surface area contributed by atoms with Crippen molar-refractivity contribution < 1.29 is 29.3 Å². The summed E-state index contributed by atoms with van der Waals surface area (Å²) in [7, 11) is 0. The van der Waals surface area contributed by atoms with Gasteiger partial charge in [0.05, 0.1) is 19.6 Å². The van der Waals surface area contributed by atoms with E-state index in [1.54, 1.807) is 0 Å². The molecule has 2 N–H and O–H groups in total. The van der Waals surface area contributed by atoms with Crippen molar-refractivity contribution in [1.29, 1.82) is 0 Å². The molecule has 1 saturated heterocycles. The zero-order valence-electron chi connectivity index (χ0n) is 9.09. The van der Waals surface area contributed by atoms with Crippen molar-refractivity contribution in [3.8, 4) is 0 Å². The number of esters is 1. The van der Waals surface area contributed by atoms with E-state index in [-0.39, 0.29) is 31.8 Å². The number of carbonyl (C=O) groups excluding carboxylic acids is 2. The SMILES string of the molecule is CC(=O)CCC(=O)O[C@H]1CO[C@H](CO)[C@@H]1O. The third-order valence-electron chi connectivity index (χ3n) is 2.38. The molecule has 0 saturated carbocycles. The van der Waals surface area contributed by atoms with Crippen LogP contribution in [0.25, 0.3) is 0 Å². The first-order chi connectivity index (χ1) is 7.54. The van der Waals surface area contributed by atoms with Crippen molar-refractivity contribution in [3.63, 3.8) is 0 Å². The van der Waals surface area contributed by atoms with Crippen LogP contribution in [0.2, 0.25) is 0 Å². The molecule has 0 unspecified atom stereocenters. The van der Waals surface area contributed by atoms with Gasteiger partial charge in [0, 0.05) is 6.42 Å². The largest absolute Gasteiger partial charge is 0.457 e. The Bertz CT molecular complexity index is 264. The Morgan fingerprint density at radius 2 is 2.12 bits per heavy atom. The molecule has 16 heavy (non-hydrogen) atoms. The molecule has 0 aromatic rings. The Morgan fingerprint density at radius 3 is 2.62 bits per heavy atom. The summed E-state index contributed by atoms with van der Waals surface area (Å²) >= 11 is 0. The van der Waals surface area contributed by atoms with Crippen LogP contribution >= 0.6 is 0 Å². The van der Waals surface area contributed by atoms with E-state index in [2.05, 4.69) is 0 Å². The van der Waals surface area contributed by atoms with Crippen molar-refractivity contribution in [2.24, 2.45) is 0 Å². The Kier molecular flexibility index (Phi) is 4.85. The predicted molar refractivity (Wildman–Crippen MR) is 52.6 cm³/mol. The number of aliphatic hydroxyl groups is 2. The third kappa shape index (κ3) is 3.55. The highest BCUT2D eigenvalue weighted by atomic mass is 16.6. The monoisotopic (exact) mass is 232 g/mol. The maximum absolute atomic E-state index is 11.2. The molecule has 0 bridgehead atoms. The van der Waals surface area contributed by atoms with Crippen LogP contribution in [0.3, 0.4) is 0 Å². The topological polar surface area (TPSA) is 93.1 Å². The summed E-state index contributed by atoms with van der Waals surface area (Å²) in [5.41, 5.74) is 0. The Balaban J connectivity index is 2.32. The lowest BCUT2D eigenvalue weighted by molar-refractivity contribution is -0.153. The van der Waals surface area contributed by atoms with Gasteiger partial charge in [-0.15, -0.1) is 0 Å². The molecule has 0 spiro atoms. The summed E-state index contributed by atoms with van der Waals surface area (Å²) < 4.78 is 9.94. The van der Waals surface area contributed by atoms with Crippen LogP contribution in [-0.2, 0) is 19.1 Å². The van der Waals surface area contributed by atoms with Crippen molar-refractivity contribution in [2.75, 3.05) is 13.2 Å². The molecule has 0 aromatic heterocycles. The minimum Gasteiger partial charge on any atom is -0.457 e. The van der Waals surface area contributed by atoms with Crippen molar-refractivity contribution in [2.45, 2.75) is 38.1 Å². The Hall–Kier alpha value is -0.980. The van der Waals surface area contributed by atoms with Crippen molar-refractivity contribution >= 4 is 11.8 Å². The van der Waals surface area contributed by atoms with Crippen molar-refractivity contribution in [1.82, 2.24) is 0 Å². The lowest BCUT2D eigenvalue weighted by Gasteiger charge is -2.16. The van der Waals surface area contributed by atoms with E-state index in [4.69, 9.17) is 14.6 Å². The fourth-order valence-corrected chi connectivity index (χ4v) is 1.43. The minimum absolute atomic E-state index is 0.00233. The zero-order chi connectivity index (χ0) is 12.1. The standard InChI is InChI=1S/C10H16O6/c1-6(12)2-3-9(13)16-8-5-15-7(4-11)10(8)14/h7-8,10-11,14H,2-5H2,1H3/t7-,8+,10+/m1/s1. The smallest absolute Gasteiger partial charge is 0.306 e. The summed E-state index contributed by atoms with van der Waals surface area (Å²) in [6, 6.07) is 0. The van der Waals surface area contributed by atoms with Gasteiger partial charge in [0.25, 0.3) is 0 Å². The van der Waals surface area contributed by atoms with Gasteiger partial charge in [0.15, 0.2) is 6.10 Å². The van der Waals surface area contributed by atoms with Crippen LogP contribution in [0.4, 0.5) is 0 Å². The number of rotatable bonds is 5. The Labute approximate surface area is 93.2 Å². The summed E-state index contributed by atoms with van der Waals surface area (Å²) in [6.07, 6.45) is -2.33. The second kappa shape index (κ2) is 5.93. The quantitative estimate of drug-likeness (QED) is 0.592. The molecular formula is C10H16O6. The zero-order valence-corrected chi connectivity index (χ0v) is 9.09. The fourth-order valence-electron chi connectivity index (χ4n) is 1.43. The van der Waals surface area contributed by atoms with Gasteiger partial charge in [0.2, 0.25) is 0 Å². The molecule has 92 valence electrons. The van der Waals surface area contributed by atoms with E-state index in [1.807, 2.05) is 0 Å². The van der Waals surface area contributed by atoms with E-state index in [0.29, 0.717) is 0 Å². The van der Waals surface area contributed by atoms with Gasteiger partial charge in [0.1, 0.15) is 18.0 Å². The van der Waals surface area contributed by atoms with Crippen LogP contribution in [0.15, 0.2) is 0 Å². The molecule has 1 aliphatic heterocycles. The molecule has 1 aliphatic rings. The first-order valence-corrected chi connectivity index (χ1v) is 5.14. The highest BCUT2D eigenvalue weighted by molar-refractivity contribution is 5.81. The van der Waals surface area contributed by atoms with Crippen LogP contribution in [0, 0.1) is 0 Å². The van der Waals surface area contributed by atoms with Crippen LogP contribution < -0.4 is 0 Å². The van der Waals surface area contributed by atoms with Gasteiger partial charge in [-0.05, 0) is 6.92 Å². The summed E-state index contributed by atoms with van der Waals surface area (Å²) in [6.45, 7) is 1.14. The predicted octanol–water partition coefficient (Wildman–Crippen LogP) is -0.981. The molecule has 0 aliphatic carbocycles. The molecule has 1 rings (SSSR count). The molecule has 0 amide bonds. The Morgan fingerprint density at radius 1 is 1.44 bits per heavy atom. The highest BCUT2D eigenvalue weighted by Crippen LogP contribution is 2.17. The third-order valence-corrected chi connectivity index (χ3v) is 2.38. The van der Waals surface area contributed by atoms with Gasteiger partial charge in [-0.25, -0.2) is 0 Å². The summed E-state index contributed by atoms with van der Waals surface area (Å²) in [5.74, 6) is -0.630. The first kappa shape index (κ1) is 13.1. The molecule has 3 atom stereocenters. The minimum atomic E-state index is -1.01. The van der Waals surface area contributed by atoms with E-state index in [1.165, 1.54) is 6.92 Å². The molecule has 0 radical (unpaired) electrons. The maximum atomic E-state index is 11.2. The highest BCUT2D eigenvalue weighted by Gasteiger charge is 2.37. The molecule has 1 fully saturated rings. The van der Waals surface area contributed by atoms with E-state index < -0.39 is 24.3 Å². The second-order valence-electron chi connectivity index (χ2n) is 3.78. The molecule has 6 nitrogen and oxygen atoms in total. The average Bonchev–Trinajstić information content (AvgIpc) is 2.57. The lowest BCUT2D eigenvalue weighted by atomic mass is 10.1. The van der Waals surface area contributed by atoms with E-state index in [9.17, 15) is 14.7 Å². The molecule has 6 heteroatoms. The van der Waals surface area contributed by atoms with Crippen LogP contribution in [0.1, 0.15) is 19.8 Å². The molecule has 1 heterocycles. The molecular weight excluding hydrogens is 216 g/mol. The van der Waals surface area contributed by atoms with Crippen LogP contribution in [-0.4, -0.2) is 53.5 Å². The van der Waals surface area contributed by atoms with Gasteiger partial charge < -0.3 is 24.5 Å². The number of hydrogen-bond donors (Lipinski definition) is 2. The number of carbonyl (C=O) groups is 2. The number of aliphatic hydroxyl groups excluding tert-OH is 2. The van der Waals surface area contributed by atoms with Gasteiger partial charge in [-0.2, -0.15) is 0 Å². The first-order valence-electron chi connectivity index (χ1n) is 5.14. The maximum Gasteiger partial charge on any atom is 0.306 e. The van der Waals surface area contributed by atoms with Crippen molar-refractivity contribution in [3.05, 3.63) is 0 Å². The summed E-state index contributed by atoms with van der Waals surface area (Å²) in [4.78, 5) is 21.9.